The third-order valence-electron chi connectivity index (χ3n) is 13.9. The van der Waals surface area contributed by atoms with E-state index in [9.17, 15) is 0 Å². The number of quaternary nitrogens is 1. The molecule has 4 aromatic carbocycles. The summed E-state index contributed by atoms with van der Waals surface area (Å²) >= 11 is 0. The summed E-state index contributed by atoms with van der Waals surface area (Å²) in [7, 11) is 15.6. The standard InChI is InChI=1S/C55H69N6S2/c1-54(2)48-16-10-12-18-50(48)59-33-28-44(40-52(54)59)42-20-24-46(25-21-42)57(6)31-14-30-56(5)35-38-62-63-39-37-61(8,9)36-15-32-58(7)47-26-22-43(23-27-47)45-29-34-60-51-19-13-11-17-49(51)55(3,4)53(60)41-45/h10-13,16-29,33-34,40-41H,14-15,30-32,35-39H2,1-9H3/q+3. The van der Waals surface area contributed by atoms with Crippen LogP contribution < -0.4 is 18.9 Å². The van der Waals surface area contributed by atoms with Gasteiger partial charge in [0.05, 0.1) is 43.8 Å². The first kappa shape index (κ1) is 45.0. The third-order valence-corrected chi connectivity index (χ3v) is 16.2. The van der Waals surface area contributed by atoms with Crippen LogP contribution in [-0.4, -0.2) is 95.4 Å². The maximum absolute atomic E-state index is 2.49. The SMILES string of the molecule is CN(CCCN(C)c1ccc(-c2cc[n+]3c(c2)C(C)(C)c2ccccc2-3)cc1)CCSSCC[N+](C)(C)CCCN(C)c1ccc(-c2cc[n+]3c(c2)C(C)(C)c2ccccc2-3)cc1. The molecule has 2 aliphatic heterocycles. The molecule has 0 saturated heterocycles. The van der Waals surface area contributed by atoms with Gasteiger partial charge in [0.25, 0.3) is 0 Å². The van der Waals surface area contributed by atoms with Gasteiger partial charge in [0, 0.05) is 105 Å². The first-order valence-corrected chi connectivity index (χ1v) is 25.4. The molecule has 6 aromatic rings. The molecule has 328 valence electrons. The lowest BCUT2D eigenvalue weighted by Crippen LogP contribution is -2.43. The highest BCUT2D eigenvalue weighted by Crippen LogP contribution is 2.40. The Kier molecular flexibility index (Phi) is 13.5. The molecule has 0 bridgehead atoms. The molecule has 0 saturated carbocycles. The highest BCUT2D eigenvalue weighted by molar-refractivity contribution is 8.76. The number of nitrogens with zero attached hydrogens (tertiary/aromatic N) is 6. The maximum atomic E-state index is 2.49. The lowest BCUT2D eigenvalue weighted by molar-refractivity contribution is -0.887. The van der Waals surface area contributed by atoms with E-state index >= 15 is 0 Å². The zero-order chi connectivity index (χ0) is 44.4. The quantitative estimate of drug-likeness (QED) is 0.0348. The van der Waals surface area contributed by atoms with Crippen molar-refractivity contribution in [3.05, 3.63) is 156 Å². The van der Waals surface area contributed by atoms with Crippen LogP contribution in [-0.2, 0) is 10.8 Å². The van der Waals surface area contributed by atoms with Gasteiger partial charge >= 0.3 is 0 Å². The zero-order valence-electron chi connectivity index (χ0n) is 39.3. The number of pyridine rings is 2. The summed E-state index contributed by atoms with van der Waals surface area (Å²) < 4.78 is 5.78. The van der Waals surface area contributed by atoms with Crippen LogP contribution in [0.5, 0.6) is 0 Å². The van der Waals surface area contributed by atoms with E-state index in [1.165, 1.54) is 92.8 Å². The minimum atomic E-state index is -0.0140. The molecule has 8 rings (SSSR count). The fourth-order valence-corrected chi connectivity index (χ4v) is 12.0. The molecule has 63 heavy (non-hydrogen) atoms. The van der Waals surface area contributed by atoms with Crippen LogP contribution in [0.15, 0.2) is 134 Å². The van der Waals surface area contributed by atoms with Crippen LogP contribution in [0, 0.1) is 0 Å². The van der Waals surface area contributed by atoms with E-state index in [1.807, 2.05) is 21.6 Å². The number of rotatable bonds is 19. The molecule has 0 atom stereocenters. The van der Waals surface area contributed by atoms with E-state index < -0.39 is 0 Å². The largest absolute Gasteiger partial charge is 0.375 e. The van der Waals surface area contributed by atoms with Crippen LogP contribution in [0.4, 0.5) is 11.4 Å². The van der Waals surface area contributed by atoms with Gasteiger partial charge in [-0.2, -0.15) is 9.13 Å². The molecule has 2 aliphatic rings. The van der Waals surface area contributed by atoms with Gasteiger partial charge in [0.2, 0.25) is 11.4 Å². The first-order valence-electron chi connectivity index (χ1n) is 22.9. The molecular weight excluding hydrogens is 809 g/mol. The Bertz CT molecular complexity index is 2510. The Balaban J connectivity index is 0.692. The summed E-state index contributed by atoms with van der Waals surface area (Å²) in [6.07, 6.45) is 6.81. The van der Waals surface area contributed by atoms with E-state index in [0.717, 1.165) is 42.8 Å². The van der Waals surface area contributed by atoms with Crippen molar-refractivity contribution >= 4 is 33.0 Å². The maximum Gasteiger partial charge on any atom is 0.215 e. The predicted molar refractivity (Wildman–Crippen MR) is 271 cm³/mol. The highest BCUT2D eigenvalue weighted by Gasteiger charge is 2.44. The lowest BCUT2D eigenvalue weighted by atomic mass is 9.82. The Hall–Kier alpha value is -4.60. The van der Waals surface area contributed by atoms with Gasteiger partial charge in [0.1, 0.15) is 0 Å². The number of hydrogen-bond acceptors (Lipinski definition) is 5. The third kappa shape index (κ3) is 9.75. The van der Waals surface area contributed by atoms with Crippen molar-refractivity contribution in [3.8, 4) is 33.6 Å². The fraction of sp³-hybridized carbons (Fsp3) is 0.382. The molecule has 6 nitrogen and oxygen atoms in total. The fourth-order valence-electron chi connectivity index (χ4n) is 9.65. The van der Waals surface area contributed by atoms with E-state index in [0.29, 0.717) is 0 Å². The van der Waals surface area contributed by atoms with Crippen molar-refractivity contribution < 1.29 is 13.6 Å². The summed E-state index contributed by atoms with van der Waals surface area (Å²) in [6.45, 7) is 16.1. The summed E-state index contributed by atoms with van der Waals surface area (Å²) in [4.78, 5) is 7.30. The number of anilines is 2. The van der Waals surface area contributed by atoms with Crippen molar-refractivity contribution in [3.63, 3.8) is 0 Å². The van der Waals surface area contributed by atoms with Gasteiger partial charge in [-0.25, -0.2) is 0 Å². The molecule has 0 fully saturated rings. The summed E-state index contributed by atoms with van der Waals surface area (Å²) in [5.74, 6) is 2.35. The number of para-hydroxylation sites is 2. The molecule has 0 N–H and O–H groups in total. The molecule has 2 aromatic heterocycles. The Morgan fingerprint density at radius 2 is 0.952 bits per heavy atom. The van der Waals surface area contributed by atoms with Crippen molar-refractivity contribution in [2.45, 2.75) is 51.4 Å². The molecule has 4 heterocycles. The lowest BCUT2D eigenvalue weighted by Gasteiger charge is -2.30. The molecule has 0 aliphatic carbocycles. The number of benzene rings is 4. The van der Waals surface area contributed by atoms with Crippen molar-refractivity contribution in [2.75, 3.05) is 95.8 Å². The van der Waals surface area contributed by atoms with Gasteiger partial charge in [-0.3, -0.25) is 0 Å². The molecule has 0 amide bonds. The molecule has 0 radical (unpaired) electrons. The van der Waals surface area contributed by atoms with E-state index in [1.54, 1.807) is 0 Å². The van der Waals surface area contributed by atoms with Gasteiger partial charge in [-0.05, 0) is 94.2 Å². The smallest absolute Gasteiger partial charge is 0.215 e. The minimum absolute atomic E-state index is 0.0136. The Morgan fingerprint density at radius 3 is 1.46 bits per heavy atom. The second-order valence-corrected chi connectivity index (χ2v) is 22.3. The number of aromatic nitrogens is 2. The van der Waals surface area contributed by atoms with Gasteiger partial charge in [-0.1, -0.05) is 82.3 Å². The summed E-state index contributed by atoms with van der Waals surface area (Å²) in [5.41, 5.74) is 15.7. The summed E-state index contributed by atoms with van der Waals surface area (Å²) in [5, 5.41) is 0. The van der Waals surface area contributed by atoms with Crippen LogP contribution >= 0.6 is 21.6 Å². The van der Waals surface area contributed by atoms with Crippen LogP contribution in [0.2, 0.25) is 0 Å². The molecule has 0 spiro atoms. The van der Waals surface area contributed by atoms with E-state index in [-0.39, 0.29) is 10.8 Å². The van der Waals surface area contributed by atoms with Crippen molar-refractivity contribution in [2.24, 2.45) is 0 Å². The highest BCUT2D eigenvalue weighted by atomic mass is 33.1. The Morgan fingerprint density at radius 1 is 0.492 bits per heavy atom. The van der Waals surface area contributed by atoms with Crippen LogP contribution in [0.25, 0.3) is 33.6 Å². The van der Waals surface area contributed by atoms with Crippen molar-refractivity contribution in [1.29, 1.82) is 0 Å². The average Bonchev–Trinajstić information content (AvgIpc) is 3.66. The van der Waals surface area contributed by atoms with E-state index in [4.69, 9.17) is 0 Å². The first-order chi connectivity index (χ1) is 30.2. The number of fused-ring (bicyclic) bond motifs is 6. The minimum Gasteiger partial charge on any atom is -0.375 e. The summed E-state index contributed by atoms with van der Waals surface area (Å²) in [6, 6.07) is 45.1. The topological polar surface area (TPSA) is 17.5 Å². The van der Waals surface area contributed by atoms with Gasteiger partial charge in [-0.15, -0.1) is 0 Å². The second-order valence-electron chi connectivity index (χ2n) is 19.6. The van der Waals surface area contributed by atoms with Crippen LogP contribution in [0.1, 0.15) is 63.1 Å². The normalized spacial score (nSPS) is 14.3. The van der Waals surface area contributed by atoms with Gasteiger partial charge in [0.15, 0.2) is 23.8 Å². The monoisotopic (exact) mass is 878 g/mol. The number of hydrogen-bond donors (Lipinski definition) is 0. The predicted octanol–water partition coefficient (Wildman–Crippen LogP) is 10.6. The molecule has 8 heteroatoms. The molecular formula is C55H69N6S2+3. The van der Waals surface area contributed by atoms with Gasteiger partial charge < -0.3 is 19.2 Å². The van der Waals surface area contributed by atoms with Crippen LogP contribution in [0.3, 0.4) is 0 Å². The zero-order valence-corrected chi connectivity index (χ0v) is 40.9. The second kappa shape index (κ2) is 18.9. The Labute approximate surface area is 386 Å². The molecule has 0 unspecified atom stereocenters. The average molecular weight is 878 g/mol. The van der Waals surface area contributed by atoms with E-state index in [2.05, 4.69) is 220 Å². The van der Waals surface area contributed by atoms with Crippen molar-refractivity contribution in [1.82, 2.24) is 4.90 Å².